The molecule has 1 aromatic carbocycles. The number of nitrogens with one attached hydrogen (secondary N) is 1. The molecule has 0 fully saturated rings. The van der Waals surface area contributed by atoms with E-state index < -0.39 is 17.7 Å². The number of carbonyl (C=O) groups is 1. The maximum Gasteiger partial charge on any atom is 0.323 e. The first-order chi connectivity index (χ1) is 10.8. The Balaban J connectivity index is 1.99. The van der Waals surface area contributed by atoms with E-state index in [9.17, 15) is 18.7 Å². The molecule has 8 heteroatoms. The zero-order valence-corrected chi connectivity index (χ0v) is 13.5. The van der Waals surface area contributed by atoms with Crippen LogP contribution < -0.4 is 5.32 Å². The summed E-state index contributed by atoms with van der Waals surface area (Å²) in [7, 11) is 1.56. The molecule has 2 N–H and O–H groups in total. The van der Waals surface area contributed by atoms with E-state index in [0.29, 0.717) is 17.1 Å². The number of likely N-dealkylation sites (N-methyl/N-ethyl adjacent to an activating group) is 1. The van der Waals surface area contributed by atoms with Gasteiger partial charge < -0.3 is 10.0 Å². The molecule has 124 valence electrons. The van der Waals surface area contributed by atoms with Crippen molar-refractivity contribution in [1.29, 1.82) is 0 Å². The minimum atomic E-state index is -0.627. The number of amides is 2. The molecule has 5 nitrogen and oxygen atoms in total. The second-order valence-corrected chi connectivity index (χ2v) is 6.36. The summed E-state index contributed by atoms with van der Waals surface area (Å²) in [5.74, 6) is -1.25. The Bertz CT molecular complexity index is 671. The first-order valence-electron chi connectivity index (χ1n) is 6.93. The Morgan fingerprint density at radius 2 is 2.04 bits per heavy atom. The van der Waals surface area contributed by atoms with E-state index in [1.54, 1.807) is 20.2 Å². The van der Waals surface area contributed by atoms with Crippen molar-refractivity contribution in [3.05, 3.63) is 46.5 Å². The zero-order chi connectivity index (χ0) is 17.0. The van der Waals surface area contributed by atoms with Gasteiger partial charge in [0.25, 0.3) is 0 Å². The van der Waals surface area contributed by atoms with Crippen LogP contribution in [0.15, 0.2) is 24.4 Å². The molecule has 0 aliphatic rings. The van der Waals surface area contributed by atoms with E-state index in [0.717, 1.165) is 10.9 Å². The van der Waals surface area contributed by atoms with Crippen molar-refractivity contribution in [2.75, 3.05) is 18.9 Å². The highest BCUT2D eigenvalue weighted by atomic mass is 32.1. The Hall–Kier alpha value is -2.06. The summed E-state index contributed by atoms with van der Waals surface area (Å²) in [4.78, 5) is 18.1. The summed E-state index contributed by atoms with van der Waals surface area (Å²) in [5, 5.41) is 12.3. The van der Waals surface area contributed by atoms with Crippen LogP contribution in [-0.4, -0.2) is 40.7 Å². The number of benzene rings is 1. The van der Waals surface area contributed by atoms with E-state index in [4.69, 9.17) is 0 Å². The van der Waals surface area contributed by atoms with Crippen LogP contribution in [0.4, 0.5) is 18.7 Å². The summed E-state index contributed by atoms with van der Waals surface area (Å²) < 4.78 is 26.3. The molecule has 0 saturated heterocycles. The number of hydrogen-bond donors (Lipinski definition) is 2. The monoisotopic (exact) mass is 341 g/mol. The lowest BCUT2D eigenvalue weighted by molar-refractivity contribution is 0.149. The lowest BCUT2D eigenvalue weighted by Gasteiger charge is -2.18. The fraction of sp³-hybridized carbons (Fsp3) is 0.333. The highest BCUT2D eigenvalue weighted by molar-refractivity contribution is 7.15. The third-order valence-corrected chi connectivity index (χ3v) is 3.87. The number of aromatic nitrogens is 1. The Kier molecular flexibility index (Phi) is 5.62. The molecular weight excluding hydrogens is 324 g/mol. The summed E-state index contributed by atoms with van der Waals surface area (Å²) >= 11 is 1.23. The van der Waals surface area contributed by atoms with Crippen molar-refractivity contribution < 1.29 is 18.7 Å². The average Bonchev–Trinajstić information content (AvgIpc) is 2.83. The number of hydrogen-bond acceptors (Lipinski definition) is 4. The fourth-order valence-corrected chi connectivity index (χ4v) is 2.86. The molecule has 2 amide bonds. The van der Waals surface area contributed by atoms with Gasteiger partial charge in [0.05, 0.1) is 6.10 Å². The van der Waals surface area contributed by atoms with Gasteiger partial charge in [-0.15, -0.1) is 11.3 Å². The molecule has 0 aliphatic carbocycles. The van der Waals surface area contributed by atoms with Crippen LogP contribution in [0.2, 0.25) is 0 Å². The van der Waals surface area contributed by atoms with Crippen molar-refractivity contribution in [1.82, 2.24) is 9.88 Å². The molecule has 2 aromatic rings. The van der Waals surface area contributed by atoms with Crippen molar-refractivity contribution in [2.45, 2.75) is 19.4 Å². The third-order valence-electron chi connectivity index (χ3n) is 2.95. The Morgan fingerprint density at radius 1 is 1.39 bits per heavy atom. The van der Waals surface area contributed by atoms with Crippen molar-refractivity contribution >= 4 is 22.5 Å². The van der Waals surface area contributed by atoms with E-state index in [2.05, 4.69) is 10.3 Å². The zero-order valence-electron chi connectivity index (χ0n) is 12.7. The van der Waals surface area contributed by atoms with Gasteiger partial charge in [-0.2, -0.15) is 0 Å². The molecule has 1 atom stereocenters. The van der Waals surface area contributed by atoms with Crippen LogP contribution in [0, 0.1) is 11.6 Å². The number of carbonyl (C=O) groups excluding carboxylic acids is 1. The summed E-state index contributed by atoms with van der Waals surface area (Å²) in [5.41, 5.74) is 0.496. The largest absolute Gasteiger partial charge is 0.392 e. The van der Waals surface area contributed by atoms with Gasteiger partial charge in [0.2, 0.25) is 0 Å². The van der Waals surface area contributed by atoms with Gasteiger partial charge in [0.1, 0.15) is 11.6 Å². The van der Waals surface area contributed by atoms with Crippen molar-refractivity contribution in [2.24, 2.45) is 0 Å². The minimum absolute atomic E-state index is 0.201. The molecule has 2 rings (SSSR count). The number of aliphatic hydroxyl groups is 1. The maximum absolute atomic E-state index is 13.2. The molecule has 0 saturated carbocycles. The highest BCUT2D eigenvalue weighted by Gasteiger charge is 2.13. The molecule has 0 unspecified atom stereocenters. The van der Waals surface area contributed by atoms with Crippen LogP contribution in [0.1, 0.15) is 17.4 Å². The standard InChI is InChI=1S/C15H17F2N3O2S/c1-9(21)8-20(2)15(22)19-14-18-7-13(23-14)5-10-3-11(16)6-12(17)4-10/h3-4,6-7,9,21H,5,8H2,1-2H3,(H,18,19,22)/t9-/m0/s1. The summed E-state index contributed by atoms with van der Waals surface area (Å²) in [6, 6.07) is 2.96. The van der Waals surface area contributed by atoms with Crippen molar-refractivity contribution in [3.8, 4) is 0 Å². The number of aliphatic hydroxyl groups excluding tert-OH is 1. The van der Waals surface area contributed by atoms with Gasteiger partial charge in [-0.25, -0.2) is 18.6 Å². The lowest BCUT2D eigenvalue weighted by Crippen LogP contribution is -2.36. The molecule has 0 bridgehead atoms. The van der Waals surface area contributed by atoms with E-state index >= 15 is 0 Å². The van der Waals surface area contributed by atoms with E-state index in [1.807, 2.05) is 0 Å². The molecule has 23 heavy (non-hydrogen) atoms. The highest BCUT2D eigenvalue weighted by Crippen LogP contribution is 2.22. The minimum Gasteiger partial charge on any atom is -0.392 e. The van der Waals surface area contributed by atoms with Gasteiger partial charge in [0, 0.05) is 37.2 Å². The molecule has 1 heterocycles. The molecular formula is C15H17F2N3O2S. The van der Waals surface area contributed by atoms with Crippen LogP contribution in [-0.2, 0) is 6.42 Å². The number of halogens is 2. The number of rotatable bonds is 5. The number of urea groups is 1. The van der Waals surface area contributed by atoms with Gasteiger partial charge in [0.15, 0.2) is 5.13 Å². The molecule has 0 aliphatic heterocycles. The maximum atomic E-state index is 13.2. The first kappa shape index (κ1) is 17.3. The number of thiazole rings is 1. The lowest BCUT2D eigenvalue weighted by atomic mass is 10.1. The number of nitrogens with zero attached hydrogens (tertiary/aromatic N) is 2. The van der Waals surface area contributed by atoms with Gasteiger partial charge in [-0.3, -0.25) is 5.32 Å². The van der Waals surface area contributed by atoms with E-state index in [1.165, 1.54) is 28.4 Å². The molecule has 0 spiro atoms. The van der Waals surface area contributed by atoms with Gasteiger partial charge in [-0.1, -0.05) is 0 Å². The summed E-state index contributed by atoms with van der Waals surface area (Å²) in [6.07, 6.45) is 1.25. The Labute approximate surface area is 136 Å². The first-order valence-corrected chi connectivity index (χ1v) is 7.75. The second-order valence-electron chi connectivity index (χ2n) is 5.25. The van der Waals surface area contributed by atoms with Crippen LogP contribution in [0.3, 0.4) is 0 Å². The average molecular weight is 341 g/mol. The quantitative estimate of drug-likeness (QED) is 0.879. The number of anilines is 1. The Morgan fingerprint density at radius 3 is 2.65 bits per heavy atom. The predicted molar refractivity (Wildman–Crippen MR) is 84.6 cm³/mol. The van der Waals surface area contributed by atoms with Crippen LogP contribution >= 0.6 is 11.3 Å². The van der Waals surface area contributed by atoms with Crippen molar-refractivity contribution in [3.63, 3.8) is 0 Å². The SMILES string of the molecule is C[C@H](O)CN(C)C(=O)Nc1ncc(Cc2cc(F)cc(F)c2)s1. The third kappa shape index (κ3) is 5.26. The smallest absolute Gasteiger partial charge is 0.323 e. The topological polar surface area (TPSA) is 65.5 Å². The van der Waals surface area contributed by atoms with Crippen LogP contribution in [0.25, 0.3) is 0 Å². The fourth-order valence-electron chi connectivity index (χ4n) is 2.03. The molecule has 0 radical (unpaired) electrons. The summed E-state index contributed by atoms with van der Waals surface area (Å²) in [6.45, 7) is 1.79. The second kappa shape index (κ2) is 7.47. The molecule has 1 aromatic heterocycles. The predicted octanol–water partition coefficient (Wildman–Crippen LogP) is 2.86. The van der Waals surface area contributed by atoms with Crippen LogP contribution in [0.5, 0.6) is 0 Å². The van der Waals surface area contributed by atoms with E-state index in [-0.39, 0.29) is 12.6 Å². The van der Waals surface area contributed by atoms with Gasteiger partial charge >= 0.3 is 6.03 Å². The normalized spacial score (nSPS) is 12.0. The van der Waals surface area contributed by atoms with Gasteiger partial charge in [-0.05, 0) is 24.6 Å².